The summed E-state index contributed by atoms with van der Waals surface area (Å²) in [5, 5.41) is 3.27. The summed E-state index contributed by atoms with van der Waals surface area (Å²) < 4.78 is 18.8. The number of nitrogens with zero attached hydrogens (tertiary/aromatic N) is 2. The Labute approximate surface area is 173 Å². The summed E-state index contributed by atoms with van der Waals surface area (Å²) >= 11 is 0. The molecule has 0 spiro atoms. The van der Waals surface area contributed by atoms with Crippen LogP contribution in [0.25, 0.3) is 10.9 Å². The van der Waals surface area contributed by atoms with Gasteiger partial charge in [-0.3, -0.25) is 4.79 Å². The van der Waals surface area contributed by atoms with E-state index in [1.54, 1.807) is 17.0 Å². The molecule has 2 heterocycles. The van der Waals surface area contributed by atoms with Crippen LogP contribution >= 0.6 is 0 Å². The molecule has 2 amide bonds. The van der Waals surface area contributed by atoms with E-state index in [0.29, 0.717) is 48.5 Å². The highest BCUT2D eigenvalue weighted by Crippen LogP contribution is 2.24. The van der Waals surface area contributed by atoms with Crippen LogP contribution in [0.15, 0.2) is 42.5 Å². The Morgan fingerprint density at radius 3 is 2.57 bits per heavy atom. The number of aryl methyl sites for hydroxylation is 1. The van der Waals surface area contributed by atoms with Gasteiger partial charge in [0.15, 0.2) is 0 Å². The Hall–Kier alpha value is -3.55. The van der Waals surface area contributed by atoms with Crippen molar-refractivity contribution in [3.8, 4) is 0 Å². The van der Waals surface area contributed by atoms with Crippen LogP contribution in [0.3, 0.4) is 0 Å². The van der Waals surface area contributed by atoms with Crippen molar-refractivity contribution in [1.29, 1.82) is 0 Å². The minimum absolute atomic E-state index is 0.301. The van der Waals surface area contributed by atoms with Crippen LogP contribution in [0.1, 0.15) is 16.1 Å². The number of nitrogens with one attached hydrogen (secondary N) is 2. The van der Waals surface area contributed by atoms with E-state index >= 15 is 0 Å². The van der Waals surface area contributed by atoms with Crippen LogP contribution in [-0.2, 0) is 4.74 Å². The maximum Gasteiger partial charge on any atom is 0.409 e. The Kier molecular flexibility index (Phi) is 5.31. The van der Waals surface area contributed by atoms with Gasteiger partial charge in [0, 0.05) is 42.9 Å². The number of piperazine rings is 1. The number of carbonyl (C=O) groups excluding carboxylic acids is 2. The van der Waals surface area contributed by atoms with E-state index in [4.69, 9.17) is 4.74 Å². The molecule has 4 rings (SSSR count). The van der Waals surface area contributed by atoms with Gasteiger partial charge in [-0.1, -0.05) is 12.1 Å². The molecule has 8 heteroatoms. The summed E-state index contributed by atoms with van der Waals surface area (Å²) in [6.07, 6.45) is -0.319. The Balaban J connectivity index is 1.47. The summed E-state index contributed by atoms with van der Waals surface area (Å²) in [4.78, 5) is 31.2. The highest BCUT2D eigenvalue weighted by atomic mass is 19.1. The van der Waals surface area contributed by atoms with E-state index in [2.05, 4.69) is 15.2 Å². The summed E-state index contributed by atoms with van der Waals surface area (Å²) in [6.45, 7) is 4.36. The fourth-order valence-electron chi connectivity index (χ4n) is 3.70. The molecule has 0 radical (unpaired) electrons. The highest BCUT2D eigenvalue weighted by molar-refractivity contribution is 6.06. The predicted octanol–water partition coefficient (Wildman–Crippen LogP) is 3.76. The predicted molar refractivity (Wildman–Crippen MR) is 114 cm³/mol. The molecule has 1 fully saturated rings. The van der Waals surface area contributed by atoms with E-state index in [1.165, 1.54) is 19.2 Å². The molecule has 0 unspecified atom stereocenters. The van der Waals surface area contributed by atoms with Crippen molar-refractivity contribution in [2.24, 2.45) is 0 Å². The highest BCUT2D eigenvalue weighted by Gasteiger charge is 2.22. The van der Waals surface area contributed by atoms with Crippen molar-refractivity contribution >= 4 is 34.3 Å². The summed E-state index contributed by atoms with van der Waals surface area (Å²) in [6, 6.07) is 12.1. The Morgan fingerprint density at radius 2 is 1.87 bits per heavy atom. The third-order valence-electron chi connectivity index (χ3n) is 5.38. The molecule has 1 saturated heterocycles. The summed E-state index contributed by atoms with van der Waals surface area (Å²) in [7, 11) is 1.38. The maximum atomic E-state index is 14.0. The van der Waals surface area contributed by atoms with Gasteiger partial charge in [0.1, 0.15) is 11.5 Å². The largest absolute Gasteiger partial charge is 0.453 e. The molecule has 1 aromatic heterocycles. The number of halogens is 1. The molecule has 1 aliphatic rings. The van der Waals surface area contributed by atoms with Crippen molar-refractivity contribution in [2.75, 3.05) is 43.5 Å². The average molecular weight is 410 g/mol. The van der Waals surface area contributed by atoms with Gasteiger partial charge in [0.05, 0.1) is 12.6 Å². The van der Waals surface area contributed by atoms with Crippen molar-refractivity contribution in [2.45, 2.75) is 6.92 Å². The van der Waals surface area contributed by atoms with Gasteiger partial charge in [-0.15, -0.1) is 0 Å². The topological polar surface area (TPSA) is 77.7 Å². The molecular formula is C22H23FN4O3. The van der Waals surface area contributed by atoms with Gasteiger partial charge < -0.3 is 24.8 Å². The van der Waals surface area contributed by atoms with E-state index in [0.717, 1.165) is 11.3 Å². The zero-order chi connectivity index (χ0) is 21.3. The first kappa shape index (κ1) is 19.8. The fourth-order valence-corrected chi connectivity index (χ4v) is 3.70. The van der Waals surface area contributed by atoms with Crippen LogP contribution in [0.2, 0.25) is 0 Å². The van der Waals surface area contributed by atoms with Crippen molar-refractivity contribution in [3.63, 3.8) is 0 Å². The lowest BCUT2D eigenvalue weighted by atomic mass is 10.1. The molecular weight excluding hydrogens is 387 g/mol. The third kappa shape index (κ3) is 3.80. The molecule has 30 heavy (non-hydrogen) atoms. The molecule has 2 N–H and O–H groups in total. The standard InChI is InChI=1S/C22H23FN4O3/c1-14-6-7-18(23)17-13-19(25-20(14)17)21(28)24-15-4-3-5-16(12-15)26-8-10-27(11-9-26)22(29)30-2/h3-7,12-13,25H,8-11H2,1-2H3,(H,24,28). The lowest BCUT2D eigenvalue weighted by Crippen LogP contribution is -2.48. The number of aromatic nitrogens is 1. The third-order valence-corrected chi connectivity index (χ3v) is 5.38. The second-order valence-corrected chi connectivity index (χ2v) is 7.28. The van der Waals surface area contributed by atoms with Crippen LogP contribution in [0.5, 0.6) is 0 Å². The molecule has 2 aromatic carbocycles. The number of hydrogen-bond acceptors (Lipinski definition) is 4. The number of carbonyl (C=O) groups is 2. The lowest BCUT2D eigenvalue weighted by molar-refractivity contribution is 0.102. The minimum Gasteiger partial charge on any atom is -0.453 e. The minimum atomic E-state index is -0.362. The first-order valence-corrected chi connectivity index (χ1v) is 9.73. The van der Waals surface area contributed by atoms with Crippen LogP contribution in [0.4, 0.5) is 20.6 Å². The number of hydrogen-bond donors (Lipinski definition) is 2. The number of methoxy groups -OCH3 is 1. The number of H-pyrrole nitrogens is 1. The SMILES string of the molecule is COC(=O)N1CCN(c2cccc(NC(=O)c3cc4c(F)ccc(C)c4[nH]3)c2)CC1. The number of fused-ring (bicyclic) bond motifs is 1. The van der Waals surface area contributed by atoms with Crippen molar-refractivity contribution in [1.82, 2.24) is 9.88 Å². The normalized spacial score (nSPS) is 14.1. The van der Waals surface area contributed by atoms with Gasteiger partial charge in [-0.25, -0.2) is 9.18 Å². The van der Waals surface area contributed by atoms with Crippen LogP contribution < -0.4 is 10.2 Å². The molecule has 0 bridgehead atoms. The number of anilines is 2. The van der Waals surface area contributed by atoms with Gasteiger partial charge in [0.2, 0.25) is 0 Å². The Morgan fingerprint density at radius 1 is 1.10 bits per heavy atom. The quantitative estimate of drug-likeness (QED) is 0.689. The number of ether oxygens (including phenoxy) is 1. The second-order valence-electron chi connectivity index (χ2n) is 7.28. The molecule has 0 atom stereocenters. The summed E-state index contributed by atoms with van der Waals surface area (Å²) in [5.74, 6) is -0.698. The number of amides is 2. The number of rotatable bonds is 3. The van der Waals surface area contributed by atoms with Crippen molar-refractivity contribution < 1.29 is 18.7 Å². The Bertz CT molecular complexity index is 1060. The van der Waals surface area contributed by atoms with E-state index in [1.807, 2.05) is 25.1 Å². The van der Waals surface area contributed by atoms with E-state index in [9.17, 15) is 14.0 Å². The number of benzene rings is 2. The van der Waals surface area contributed by atoms with E-state index in [-0.39, 0.29) is 17.8 Å². The van der Waals surface area contributed by atoms with Crippen LogP contribution in [0, 0.1) is 12.7 Å². The lowest BCUT2D eigenvalue weighted by Gasteiger charge is -2.35. The van der Waals surface area contributed by atoms with Gasteiger partial charge in [-0.2, -0.15) is 0 Å². The molecule has 3 aromatic rings. The monoisotopic (exact) mass is 410 g/mol. The molecule has 0 saturated carbocycles. The molecule has 7 nitrogen and oxygen atoms in total. The van der Waals surface area contributed by atoms with Crippen molar-refractivity contribution in [3.05, 3.63) is 59.5 Å². The van der Waals surface area contributed by atoms with E-state index < -0.39 is 0 Å². The molecule has 156 valence electrons. The number of aromatic amines is 1. The smallest absolute Gasteiger partial charge is 0.409 e. The average Bonchev–Trinajstić information content (AvgIpc) is 3.23. The summed E-state index contributed by atoms with van der Waals surface area (Å²) in [5.41, 5.74) is 3.39. The molecule has 0 aliphatic carbocycles. The second kappa shape index (κ2) is 8.06. The maximum absolute atomic E-state index is 14.0. The zero-order valence-corrected chi connectivity index (χ0v) is 16.9. The van der Waals surface area contributed by atoms with Gasteiger partial charge >= 0.3 is 6.09 Å². The van der Waals surface area contributed by atoms with Crippen LogP contribution in [-0.4, -0.2) is 55.2 Å². The molecule has 1 aliphatic heterocycles. The zero-order valence-electron chi connectivity index (χ0n) is 16.9. The first-order valence-electron chi connectivity index (χ1n) is 9.73. The van der Waals surface area contributed by atoms with Gasteiger partial charge in [0.25, 0.3) is 5.91 Å². The first-order chi connectivity index (χ1) is 14.5. The van der Waals surface area contributed by atoms with Gasteiger partial charge in [-0.05, 0) is 42.8 Å². The fraction of sp³-hybridized carbons (Fsp3) is 0.273.